The second-order valence-corrected chi connectivity index (χ2v) is 3.99. The van der Waals surface area contributed by atoms with Crippen LogP contribution in [0.4, 0.5) is 11.4 Å². The number of hydrogen-bond donors (Lipinski definition) is 1. The van der Waals surface area contributed by atoms with Gasteiger partial charge >= 0.3 is 5.97 Å². The lowest BCUT2D eigenvalue weighted by Crippen LogP contribution is -2.17. The molecule has 0 aliphatic rings. The average Bonchev–Trinajstić information content (AvgIpc) is 2.27. The summed E-state index contributed by atoms with van der Waals surface area (Å²) in [5, 5.41) is 13.4. The molecule has 1 rings (SSSR count). The van der Waals surface area contributed by atoms with Crippen molar-refractivity contribution in [1.82, 2.24) is 0 Å². The Morgan fingerprint density at radius 3 is 2.88 bits per heavy atom. The third kappa shape index (κ3) is 4.03. The Hall–Kier alpha value is -1.63. The highest BCUT2D eigenvalue weighted by molar-refractivity contribution is 9.10. The van der Waals surface area contributed by atoms with Crippen LogP contribution >= 0.6 is 15.9 Å². The lowest BCUT2D eigenvalue weighted by atomic mass is 10.2. The molecule has 1 N–H and O–H groups in total. The molecule has 0 saturated heterocycles. The SMILES string of the molecule is CCOC(=O)CNc1ccc(Br)cc1[N+](=O)[O-]. The Morgan fingerprint density at radius 2 is 2.29 bits per heavy atom. The van der Waals surface area contributed by atoms with Crippen LogP contribution in [0.15, 0.2) is 22.7 Å². The number of carbonyl (C=O) groups is 1. The van der Waals surface area contributed by atoms with E-state index in [1.54, 1.807) is 13.0 Å². The van der Waals surface area contributed by atoms with Gasteiger partial charge in [-0.3, -0.25) is 14.9 Å². The lowest BCUT2D eigenvalue weighted by molar-refractivity contribution is -0.384. The van der Waals surface area contributed by atoms with E-state index in [1.807, 2.05) is 0 Å². The molecule has 0 atom stereocenters. The van der Waals surface area contributed by atoms with E-state index in [0.29, 0.717) is 4.47 Å². The molecule has 6 nitrogen and oxygen atoms in total. The van der Waals surface area contributed by atoms with Crippen LogP contribution in [0.3, 0.4) is 0 Å². The quantitative estimate of drug-likeness (QED) is 0.513. The van der Waals surface area contributed by atoms with Crippen LogP contribution in [-0.4, -0.2) is 24.0 Å². The molecule has 0 bridgehead atoms. The maximum atomic E-state index is 11.1. The van der Waals surface area contributed by atoms with Gasteiger partial charge in [0.25, 0.3) is 5.69 Å². The van der Waals surface area contributed by atoms with Crippen LogP contribution in [0.2, 0.25) is 0 Å². The smallest absolute Gasteiger partial charge is 0.325 e. The van der Waals surface area contributed by atoms with Gasteiger partial charge in [-0.15, -0.1) is 0 Å². The van der Waals surface area contributed by atoms with Gasteiger partial charge < -0.3 is 10.1 Å². The van der Waals surface area contributed by atoms with Gasteiger partial charge in [-0.25, -0.2) is 0 Å². The first kappa shape index (κ1) is 13.4. The Labute approximate surface area is 106 Å². The molecule has 0 aromatic heterocycles. The standard InChI is InChI=1S/C10H11BrN2O4/c1-2-17-10(14)6-12-8-4-3-7(11)5-9(8)13(15)16/h3-5,12H,2,6H2,1H3. The number of nitrogens with one attached hydrogen (secondary N) is 1. The first-order chi connectivity index (χ1) is 8.04. The van der Waals surface area contributed by atoms with Crippen molar-refractivity contribution in [1.29, 1.82) is 0 Å². The minimum atomic E-state index is -0.516. The van der Waals surface area contributed by atoms with E-state index in [0.717, 1.165) is 0 Å². The summed E-state index contributed by atoms with van der Waals surface area (Å²) in [4.78, 5) is 21.4. The number of halogens is 1. The normalized spacial score (nSPS) is 9.76. The Kier molecular flexibility index (Phi) is 4.89. The number of hydrogen-bond acceptors (Lipinski definition) is 5. The molecule has 1 aromatic carbocycles. The summed E-state index contributed by atoms with van der Waals surface area (Å²) in [6.45, 7) is 1.87. The number of nitro groups is 1. The maximum absolute atomic E-state index is 11.1. The highest BCUT2D eigenvalue weighted by atomic mass is 79.9. The highest BCUT2D eigenvalue weighted by Gasteiger charge is 2.14. The minimum absolute atomic E-state index is 0.0938. The molecule has 0 radical (unpaired) electrons. The first-order valence-electron chi connectivity index (χ1n) is 4.88. The summed E-state index contributed by atoms with van der Waals surface area (Å²) in [5.74, 6) is -0.454. The Bertz CT molecular complexity index is 436. The minimum Gasteiger partial charge on any atom is -0.465 e. The van der Waals surface area contributed by atoms with Crippen LogP contribution in [0.1, 0.15) is 6.92 Å². The van der Waals surface area contributed by atoms with Crippen molar-refractivity contribution in [2.45, 2.75) is 6.92 Å². The zero-order valence-electron chi connectivity index (χ0n) is 9.10. The summed E-state index contributed by atoms with van der Waals surface area (Å²) in [6.07, 6.45) is 0. The second-order valence-electron chi connectivity index (χ2n) is 3.08. The fraction of sp³-hybridized carbons (Fsp3) is 0.300. The fourth-order valence-electron chi connectivity index (χ4n) is 1.18. The molecular formula is C10H11BrN2O4. The fourth-order valence-corrected chi connectivity index (χ4v) is 1.53. The molecule has 0 fully saturated rings. The zero-order valence-corrected chi connectivity index (χ0v) is 10.7. The van der Waals surface area contributed by atoms with Gasteiger partial charge in [0, 0.05) is 10.5 Å². The molecule has 0 heterocycles. The van der Waals surface area contributed by atoms with Gasteiger partial charge in [0.1, 0.15) is 12.2 Å². The summed E-state index contributed by atoms with van der Waals surface area (Å²) in [6, 6.07) is 4.55. The van der Waals surface area contributed by atoms with E-state index >= 15 is 0 Å². The van der Waals surface area contributed by atoms with Crippen molar-refractivity contribution >= 4 is 33.3 Å². The Balaban J connectivity index is 2.77. The van der Waals surface area contributed by atoms with Gasteiger partial charge in [0.05, 0.1) is 11.5 Å². The lowest BCUT2D eigenvalue weighted by Gasteiger charge is -2.06. The van der Waals surface area contributed by atoms with E-state index in [9.17, 15) is 14.9 Å². The molecule has 0 unspecified atom stereocenters. The monoisotopic (exact) mass is 302 g/mol. The van der Waals surface area contributed by atoms with E-state index in [2.05, 4.69) is 21.2 Å². The largest absolute Gasteiger partial charge is 0.465 e. The number of nitrogens with zero attached hydrogens (tertiary/aromatic N) is 1. The molecule has 0 saturated carbocycles. The number of rotatable bonds is 5. The summed E-state index contributed by atoms with van der Waals surface area (Å²) in [5.41, 5.74) is 0.190. The van der Waals surface area contributed by atoms with E-state index < -0.39 is 10.9 Å². The van der Waals surface area contributed by atoms with Crippen molar-refractivity contribution in [2.24, 2.45) is 0 Å². The number of carbonyl (C=O) groups excluding carboxylic acids is 1. The average molecular weight is 303 g/mol. The van der Waals surface area contributed by atoms with Crippen LogP contribution in [0.25, 0.3) is 0 Å². The van der Waals surface area contributed by atoms with Gasteiger partial charge in [-0.2, -0.15) is 0 Å². The van der Waals surface area contributed by atoms with Crippen molar-refractivity contribution in [2.75, 3.05) is 18.5 Å². The summed E-state index contributed by atoms with van der Waals surface area (Å²) in [7, 11) is 0. The van der Waals surface area contributed by atoms with Gasteiger partial charge in [-0.1, -0.05) is 15.9 Å². The summed E-state index contributed by atoms with van der Waals surface area (Å²) < 4.78 is 5.31. The van der Waals surface area contributed by atoms with Crippen molar-refractivity contribution in [3.8, 4) is 0 Å². The van der Waals surface area contributed by atoms with Gasteiger partial charge in [0.15, 0.2) is 0 Å². The summed E-state index contributed by atoms with van der Waals surface area (Å²) >= 11 is 3.15. The zero-order chi connectivity index (χ0) is 12.8. The highest BCUT2D eigenvalue weighted by Crippen LogP contribution is 2.27. The van der Waals surface area contributed by atoms with Crippen LogP contribution in [0, 0.1) is 10.1 Å². The van der Waals surface area contributed by atoms with E-state index in [1.165, 1.54) is 12.1 Å². The molecule has 0 aliphatic heterocycles. The van der Waals surface area contributed by atoms with Crippen LogP contribution in [0.5, 0.6) is 0 Å². The van der Waals surface area contributed by atoms with Crippen LogP contribution < -0.4 is 5.32 Å². The predicted molar refractivity (Wildman–Crippen MR) is 65.9 cm³/mol. The second kappa shape index (κ2) is 6.19. The number of ether oxygens (including phenoxy) is 1. The molecular weight excluding hydrogens is 292 g/mol. The molecule has 17 heavy (non-hydrogen) atoms. The molecule has 92 valence electrons. The molecule has 1 aromatic rings. The Morgan fingerprint density at radius 1 is 1.59 bits per heavy atom. The number of nitro benzene ring substituents is 1. The van der Waals surface area contributed by atoms with E-state index in [4.69, 9.17) is 4.74 Å². The molecule has 0 spiro atoms. The van der Waals surface area contributed by atoms with Gasteiger partial charge in [0.2, 0.25) is 0 Å². The van der Waals surface area contributed by atoms with Crippen molar-refractivity contribution < 1.29 is 14.5 Å². The van der Waals surface area contributed by atoms with Crippen molar-refractivity contribution in [3.05, 3.63) is 32.8 Å². The number of benzene rings is 1. The third-order valence-electron chi connectivity index (χ3n) is 1.88. The molecule has 7 heteroatoms. The molecule has 0 aliphatic carbocycles. The van der Waals surface area contributed by atoms with Crippen LogP contribution in [-0.2, 0) is 9.53 Å². The molecule has 0 amide bonds. The number of esters is 1. The number of anilines is 1. The predicted octanol–water partition coefficient (Wildman–Crippen LogP) is 2.33. The van der Waals surface area contributed by atoms with E-state index in [-0.39, 0.29) is 24.5 Å². The topological polar surface area (TPSA) is 81.5 Å². The maximum Gasteiger partial charge on any atom is 0.325 e. The van der Waals surface area contributed by atoms with Gasteiger partial charge in [-0.05, 0) is 19.1 Å². The first-order valence-corrected chi connectivity index (χ1v) is 5.67. The third-order valence-corrected chi connectivity index (χ3v) is 2.38. The van der Waals surface area contributed by atoms with Crippen molar-refractivity contribution in [3.63, 3.8) is 0 Å².